The Morgan fingerprint density at radius 3 is 2.69 bits per heavy atom. The zero-order valence-corrected chi connectivity index (χ0v) is 9.71. The average molecular weight is 219 g/mol. The molecule has 2 rings (SSSR count). The lowest BCUT2D eigenvalue weighted by atomic mass is 10.1. The molecule has 0 spiro atoms. The van der Waals surface area contributed by atoms with Crippen LogP contribution in [0, 0.1) is 19.3 Å². The van der Waals surface area contributed by atoms with E-state index < -0.39 is 5.41 Å². The number of hydrogen-bond donors (Lipinski definition) is 2. The number of amides is 1. The second kappa shape index (κ2) is 3.91. The van der Waals surface area contributed by atoms with Gasteiger partial charge in [0, 0.05) is 5.69 Å². The fourth-order valence-electron chi connectivity index (χ4n) is 1.73. The quantitative estimate of drug-likeness (QED) is 0.817. The van der Waals surface area contributed by atoms with E-state index in [-0.39, 0.29) is 12.5 Å². The van der Waals surface area contributed by atoms with Gasteiger partial charge in [-0.1, -0.05) is 12.1 Å². The highest BCUT2D eigenvalue weighted by Gasteiger charge is 2.49. The van der Waals surface area contributed by atoms with Crippen LogP contribution in [0.1, 0.15) is 24.0 Å². The van der Waals surface area contributed by atoms with Gasteiger partial charge in [-0.05, 0) is 43.9 Å². The van der Waals surface area contributed by atoms with Crippen LogP contribution in [0.4, 0.5) is 5.69 Å². The van der Waals surface area contributed by atoms with Crippen molar-refractivity contribution in [2.24, 2.45) is 5.41 Å². The van der Waals surface area contributed by atoms with Gasteiger partial charge in [-0.15, -0.1) is 0 Å². The van der Waals surface area contributed by atoms with Crippen LogP contribution in [0.15, 0.2) is 18.2 Å². The normalized spacial score (nSPS) is 16.9. The second-order valence-electron chi connectivity index (χ2n) is 4.71. The van der Waals surface area contributed by atoms with Crippen LogP contribution in [0.5, 0.6) is 0 Å². The van der Waals surface area contributed by atoms with Crippen molar-refractivity contribution in [1.82, 2.24) is 0 Å². The SMILES string of the molecule is Cc1ccc(C)c(NC(=O)C2(CO)CC2)c1. The molecule has 16 heavy (non-hydrogen) atoms. The Bertz CT molecular complexity index is 422. The summed E-state index contributed by atoms with van der Waals surface area (Å²) in [5.74, 6) is -0.0521. The molecule has 0 aliphatic heterocycles. The highest BCUT2D eigenvalue weighted by molar-refractivity contribution is 5.97. The predicted octanol–water partition coefficient (Wildman–Crippen LogP) is 2.01. The lowest BCUT2D eigenvalue weighted by Gasteiger charge is -2.14. The van der Waals surface area contributed by atoms with Gasteiger partial charge < -0.3 is 10.4 Å². The molecule has 1 aromatic carbocycles. The van der Waals surface area contributed by atoms with E-state index >= 15 is 0 Å². The van der Waals surface area contributed by atoms with E-state index in [1.165, 1.54) is 0 Å². The number of aryl methyl sites for hydroxylation is 2. The minimum Gasteiger partial charge on any atom is -0.395 e. The number of nitrogens with one attached hydrogen (secondary N) is 1. The summed E-state index contributed by atoms with van der Waals surface area (Å²) in [6, 6.07) is 5.97. The molecule has 0 radical (unpaired) electrons. The first-order valence-electron chi connectivity index (χ1n) is 5.57. The fourth-order valence-corrected chi connectivity index (χ4v) is 1.73. The van der Waals surface area contributed by atoms with Gasteiger partial charge in [-0.3, -0.25) is 4.79 Å². The molecule has 0 saturated heterocycles. The Balaban J connectivity index is 2.15. The summed E-state index contributed by atoms with van der Waals surface area (Å²) in [6.45, 7) is 3.91. The van der Waals surface area contributed by atoms with Gasteiger partial charge in [0.15, 0.2) is 0 Å². The fraction of sp³-hybridized carbons (Fsp3) is 0.462. The maximum absolute atomic E-state index is 11.9. The molecule has 86 valence electrons. The van der Waals surface area contributed by atoms with Gasteiger partial charge in [0.05, 0.1) is 12.0 Å². The van der Waals surface area contributed by atoms with E-state index in [1.54, 1.807) is 0 Å². The first-order valence-corrected chi connectivity index (χ1v) is 5.57. The van der Waals surface area contributed by atoms with E-state index in [9.17, 15) is 4.79 Å². The number of anilines is 1. The molecule has 2 N–H and O–H groups in total. The van der Waals surface area contributed by atoms with E-state index in [1.807, 2.05) is 32.0 Å². The van der Waals surface area contributed by atoms with Gasteiger partial charge in [-0.2, -0.15) is 0 Å². The highest BCUT2D eigenvalue weighted by Crippen LogP contribution is 2.46. The van der Waals surface area contributed by atoms with Crippen LogP contribution in [0.3, 0.4) is 0 Å². The minimum atomic E-state index is -0.504. The summed E-state index contributed by atoms with van der Waals surface area (Å²) in [7, 11) is 0. The Hall–Kier alpha value is -1.35. The van der Waals surface area contributed by atoms with Crippen LogP contribution in [0.2, 0.25) is 0 Å². The third kappa shape index (κ3) is 1.95. The number of aliphatic hydroxyl groups excluding tert-OH is 1. The molecular weight excluding hydrogens is 202 g/mol. The van der Waals surface area contributed by atoms with Crippen molar-refractivity contribution in [2.75, 3.05) is 11.9 Å². The van der Waals surface area contributed by atoms with Crippen molar-refractivity contribution in [3.05, 3.63) is 29.3 Å². The van der Waals surface area contributed by atoms with E-state index in [2.05, 4.69) is 5.32 Å². The van der Waals surface area contributed by atoms with Crippen molar-refractivity contribution in [3.8, 4) is 0 Å². The highest BCUT2D eigenvalue weighted by atomic mass is 16.3. The predicted molar refractivity (Wildman–Crippen MR) is 63.3 cm³/mol. The average Bonchev–Trinajstić information content (AvgIpc) is 3.04. The molecular formula is C13H17NO2. The summed E-state index contributed by atoms with van der Waals surface area (Å²) in [5.41, 5.74) is 2.52. The van der Waals surface area contributed by atoms with Gasteiger partial charge >= 0.3 is 0 Å². The van der Waals surface area contributed by atoms with Gasteiger partial charge in [0.1, 0.15) is 0 Å². The standard InChI is InChI=1S/C13H17NO2/c1-9-3-4-10(2)11(7-9)14-12(16)13(8-15)5-6-13/h3-4,7,15H,5-6,8H2,1-2H3,(H,14,16). The first kappa shape index (κ1) is 11.1. The molecule has 0 heterocycles. The Morgan fingerprint density at radius 2 is 2.12 bits per heavy atom. The molecule has 1 amide bonds. The van der Waals surface area contributed by atoms with Gasteiger partial charge in [-0.25, -0.2) is 0 Å². The second-order valence-corrected chi connectivity index (χ2v) is 4.71. The lowest BCUT2D eigenvalue weighted by Crippen LogP contribution is -2.27. The van der Waals surface area contributed by atoms with Crippen molar-refractivity contribution in [1.29, 1.82) is 0 Å². The molecule has 1 aromatic rings. The number of carbonyl (C=O) groups is 1. The summed E-state index contributed by atoms with van der Waals surface area (Å²) < 4.78 is 0. The smallest absolute Gasteiger partial charge is 0.232 e. The zero-order chi connectivity index (χ0) is 11.8. The number of benzene rings is 1. The molecule has 0 unspecified atom stereocenters. The van der Waals surface area contributed by atoms with Gasteiger partial charge in [0.2, 0.25) is 5.91 Å². The van der Waals surface area contributed by atoms with Crippen molar-refractivity contribution in [2.45, 2.75) is 26.7 Å². The molecule has 1 aliphatic rings. The first-order chi connectivity index (χ1) is 7.57. The number of hydrogen-bond acceptors (Lipinski definition) is 2. The summed E-state index contributed by atoms with van der Waals surface area (Å²) in [6.07, 6.45) is 1.58. The van der Waals surface area contributed by atoms with E-state index in [0.29, 0.717) is 0 Å². The maximum atomic E-state index is 11.9. The number of rotatable bonds is 3. The third-order valence-corrected chi connectivity index (χ3v) is 3.28. The minimum absolute atomic E-state index is 0.0519. The van der Waals surface area contributed by atoms with Crippen molar-refractivity contribution < 1.29 is 9.90 Å². The zero-order valence-electron chi connectivity index (χ0n) is 9.71. The van der Waals surface area contributed by atoms with Crippen LogP contribution in [-0.4, -0.2) is 17.6 Å². The molecule has 0 atom stereocenters. The monoisotopic (exact) mass is 219 g/mol. The number of carbonyl (C=O) groups excluding carboxylic acids is 1. The Labute approximate surface area is 95.5 Å². The maximum Gasteiger partial charge on any atom is 0.232 e. The van der Waals surface area contributed by atoms with Gasteiger partial charge in [0.25, 0.3) is 0 Å². The number of aliphatic hydroxyl groups is 1. The lowest BCUT2D eigenvalue weighted by molar-refractivity contribution is -0.122. The summed E-state index contributed by atoms with van der Waals surface area (Å²) >= 11 is 0. The molecule has 1 aliphatic carbocycles. The molecule has 0 bridgehead atoms. The van der Waals surface area contributed by atoms with Crippen LogP contribution >= 0.6 is 0 Å². The Morgan fingerprint density at radius 1 is 1.44 bits per heavy atom. The van der Waals surface area contributed by atoms with Crippen molar-refractivity contribution in [3.63, 3.8) is 0 Å². The molecule has 0 aromatic heterocycles. The molecule has 1 saturated carbocycles. The summed E-state index contributed by atoms with van der Waals surface area (Å²) in [4.78, 5) is 11.9. The van der Waals surface area contributed by atoms with E-state index in [4.69, 9.17) is 5.11 Å². The van der Waals surface area contributed by atoms with Crippen LogP contribution in [-0.2, 0) is 4.79 Å². The molecule has 1 fully saturated rings. The van der Waals surface area contributed by atoms with Crippen LogP contribution < -0.4 is 5.32 Å². The van der Waals surface area contributed by atoms with E-state index in [0.717, 1.165) is 29.7 Å². The molecule has 3 heteroatoms. The molecule has 3 nitrogen and oxygen atoms in total. The Kier molecular flexibility index (Phi) is 2.72. The largest absolute Gasteiger partial charge is 0.395 e. The summed E-state index contributed by atoms with van der Waals surface area (Å²) in [5, 5.41) is 12.1. The topological polar surface area (TPSA) is 49.3 Å². The van der Waals surface area contributed by atoms with Crippen LogP contribution in [0.25, 0.3) is 0 Å². The third-order valence-electron chi connectivity index (χ3n) is 3.28. The van der Waals surface area contributed by atoms with Crippen molar-refractivity contribution >= 4 is 11.6 Å².